The number of aromatic hydroxyl groups is 2. The number of hydrogen-bond donors (Lipinski definition) is 2. The lowest BCUT2D eigenvalue weighted by molar-refractivity contribution is -0.144. The first-order valence-corrected chi connectivity index (χ1v) is 23.5. The highest BCUT2D eigenvalue weighted by atomic mass is 32.2. The molecule has 7 aromatic carbocycles. The summed E-state index contributed by atoms with van der Waals surface area (Å²) in [6, 6.07) is 14.3. The SMILES string of the molecule is FC(F)(F)c1cc([B-](c2cc(C(F)(F)F)cc(C(F)(F)F)c2)(c2cc(C(F)(F)F)cc(C(F)(F)F)c2)c2cc(C(F)(F)F)cc(C(F)(F)F)c2)cc(C(F)(F)F)c1.O=C(C[S+](c1ccc(O)cc1)c1ccc(O)cc1)c1ccccc1. The number of halogens is 24. The van der Waals surface area contributed by atoms with E-state index in [2.05, 4.69) is 0 Å². The monoisotopic (exact) mass is 1200 g/mol. The van der Waals surface area contributed by atoms with E-state index in [9.17, 15) is 120 Å². The fourth-order valence-corrected chi connectivity index (χ4v) is 10.4. The number of ketones is 1. The molecule has 432 valence electrons. The molecule has 0 atom stereocenters. The number of rotatable bonds is 9. The van der Waals surface area contributed by atoms with Gasteiger partial charge >= 0.3 is 49.4 Å². The van der Waals surface area contributed by atoms with Gasteiger partial charge < -0.3 is 10.2 Å². The molecule has 7 aromatic rings. The summed E-state index contributed by atoms with van der Waals surface area (Å²) in [5.41, 5.74) is -29.5. The zero-order valence-corrected chi connectivity index (χ0v) is 40.3. The van der Waals surface area contributed by atoms with Crippen LogP contribution in [-0.2, 0) is 60.3 Å². The Bertz CT molecular complexity index is 2890. The largest absolute Gasteiger partial charge is 0.508 e. The summed E-state index contributed by atoms with van der Waals surface area (Å²) in [5.74, 6) is 0.810. The fraction of sp³-hybridized carbons (Fsp3) is 0.173. The van der Waals surface area contributed by atoms with Crippen LogP contribution < -0.4 is 21.9 Å². The third kappa shape index (κ3) is 14.7. The Morgan fingerprint density at radius 3 is 0.728 bits per heavy atom. The number of carbonyl (C=O) groups is 1. The van der Waals surface area contributed by atoms with Crippen molar-refractivity contribution in [3.8, 4) is 11.5 Å². The fourth-order valence-electron chi connectivity index (χ4n) is 8.43. The van der Waals surface area contributed by atoms with Crippen molar-refractivity contribution in [2.75, 3.05) is 5.75 Å². The average Bonchev–Trinajstić information content (AvgIpc) is 3.34. The summed E-state index contributed by atoms with van der Waals surface area (Å²) in [6.07, 6.45) is -54.8. The van der Waals surface area contributed by atoms with E-state index in [-0.39, 0.29) is 17.3 Å². The Morgan fingerprint density at radius 2 is 0.531 bits per heavy atom. The van der Waals surface area contributed by atoms with E-state index in [0.717, 1.165) is 9.79 Å². The van der Waals surface area contributed by atoms with Gasteiger partial charge in [0.15, 0.2) is 15.5 Å². The molecule has 0 saturated carbocycles. The van der Waals surface area contributed by atoms with Crippen molar-refractivity contribution in [2.45, 2.75) is 59.2 Å². The normalized spacial score (nSPS) is 13.2. The number of alkyl halides is 24. The molecular formula is C52H29BF24O3S. The van der Waals surface area contributed by atoms with Gasteiger partial charge in [0.05, 0.1) is 55.4 Å². The lowest BCUT2D eigenvalue weighted by atomic mass is 9.12. The first-order chi connectivity index (χ1) is 36.9. The van der Waals surface area contributed by atoms with Crippen LogP contribution in [0.5, 0.6) is 11.5 Å². The zero-order valence-electron chi connectivity index (χ0n) is 39.5. The Balaban J connectivity index is 0.000000363. The second-order valence-corrected chi connectivity index (χ2v) is 19.5. The molecule has 0 aliphatic rings. The number of benzene rings is 7. The minimum absolute atomic E-state index is 0.0695. The molecule has 0 radical (unpaired) electrons. The molecule has 0 fully saturated rings. The molecule has 0 bridgehead atoms. The molecule has 0 aliphatic heterocycles. The topological polar surface area (TPSA) is 57.5 Å². The Hall–Kier alpha value is -7.46. The van der Waals surface area contributed by atoms with Gasteiger partial charge in [-0.05, 0) is 72.8 Å². The minimum Gasteiger partial charge on any atom is -0.508 e. The van der Waals surface area contributed by atoms with Gasteiger partial charge in [-0.3, -0.25) is 4.79 Å². The molecule has 0 saturated heterocycles. The van der Waals surface area contributed by atoms with E-state index < -0.39 is 206 Å². The predicted molar refractivity (Wildman–Crippen MR) is 246 cm³/mol. The van der Waals surface area contributed by atoms with Crippen molar-refractivity contribution in [3.63, 3.8) is 0 Å². The van der Waals surface area contributed by atoms with Gasteiger partial charge in [0, 0.05) is 5.56 Å². The highest BCUT2D eigenvalue weighted by molar-refractivity contribution is 7.97. The molecule has 3 nitrogen and oxygen atoms in total. The molecule has 0 heterocycles. The first kappa shape index (κ1) is 62.7. The molecular weight excluding hydrogens is 1170 g/mol. The smallest absolute Gasteiger partial charge is 0.416 e. The van der Waals surface area contributed by atoms with Crippen molar-refractivity contribution in [1.82, 2.24) is 0 Å². The average molecular weight is 1200 g/mol. The van der Waals surface area contributed by atoms with E-state index in [1.165, 1.54) is 0 Å². The van der Waals surface area contributed by atoms with Crippen LogP contribution in [-0.4, -0.2) is 27.9 Å². The molecule has 0 amide bonds. The third-order valence-electron chi connectivity index (χ3n) is 12.1. The Morgan fingerprint density at radius 1 is 0.321 bits per heavy atom. The number of phenolic OH excluding ortho intramolecular Hbond substituents is 2. The standard InChI is InChI=1S/C32H12BF24.C20H16O3S/c34-25(35,36)13-1-14(26(37,38)39)6-21(5-13)33(22-7-15(27(40,41)42)2-16(8-22)28(43,44)45,23-9-17(29(46,47)48)3-18(10-23)30(49,50)51)24-11-19(31(52,53)54)4-20(12-24)32(55,56)57;21-16-6-10-18(11-7-16)24(19-12-8-17(22)9-13-19)14-20(23)15-4-2-1-3-5-15/h1-12H;1-13H,14H2,(H-,21,22)/q-1;/p+1. The summed E-state index contributed by atoms with van der Waals surface area (Å²) in [6.45, 7) is 0. The molecule has 0 aliphatic carbocycles. The van der Waals surface area contributed by atoms with E-state index in [4.69, 9.17) is 0 Å². The van der Waals surface area contributed by atoms with Crippen molar-refractivity contribution < 1.29 is 120 Å². The van der Waals surface area contributed by atoms with Crippen LogP contribution in [0.15, 0.2) is 161 Å². The molecule has 0 unspecified atom stereocenters. The van der Waals surface area contributed by atoms with Crippen molar-refractivity contribution in [3.05, 3.63) is 202 Å². The van der Waals surface area contributed by atoms with Crippen LogP contribution >= 0.6 is 0 Å². The summed E-state index contributed by atoms with van der Waals surface area (Å²) >= 11 is 0. The third-order valence-corrected chi connectivity index (χ3v) is 14.3. The summed E-state index contributed by atoms with van der Waals surface area (Å²) in [7, 11) is -0.470. The van der Waals surface area contributed by atoms with Gasteiger partial charge in [0.1, 0.15) is 17.6 Å². The minimum atomic E-state index is -6.13. The van der Waals surface area contributed by atoms with Crippen molar-refractivity contribution in [2.24, 2.45) is 0 Å². The number of hydrogen-bond acceptors (Lipinski definition) is 3. The Kier molecular flexibility index (Phi) is 17.1. The maximum absolute atomic E-state index is 14.2. The van der Waals surface area contributed by atoms with Crippen LogP contribution in [0.4, 0.5) is 105 Å². The van der Waals surface area contributed by atoms with Gasteiger partial charge in [-0.2, -0.15) is 127 Å². The van der Waals surface area contributed by atoms with Crippen LogP contribution in [0.25, 0.3) is 0 Å². The van der Waals surface area contributed by atoms with Crippen LogP contribution in [0.1, 0.15) is 54.9 Å². The summed E-state index contributed by atoms with van der Waals surface area (Å²) in [5, 5.41) is 19.0. The summed E-state index contributed by atoms with van der Waals surface area (Å²) < 4.78 is 341. The lowest BCUT2D eigenvalue weighted by Crippen LogP contribution is -2.75. The summed E-state index contributed by atoms with van der Waals surface area (Å²) in [4.78, 5) is 14.6. The van der Waals surface area contributed by atoms with E-state index >= 15 is 0 Å². The molecule has 2 N–H and O–H groups in total. The molecule has 81 heavy (non-hydrogen) atoms. The maximum Gasteiger partial charge on any atom is 0.416 e. The van der Waals surface area contributed by atoms with Gasteiger partial charge in [-0.25, -0.2) is 0 Å². The molecule has 29 heteroatoms. The molecule has 7 rings (SSSR count). The molecule has 0 aromatic heterocycles. The molecule has 0 spiro atoms. The van der Waals surface area contributed by atoms with E-state index in [1.54, 1.807) is 24.3 Å². The van der Waals surface area contributed by atoms with E-state index in [0.29, 0.717) is 11.3 Å². The highest BCUT2D eigenvalue weighted by Gasteiger charge is 2.47. The first-order valence-electron chi connectivity index (χ1n) is 22.1. The quantitative estimate of drug-likeness (QED) is 0.0655. The highest BCUT2D eigenvalue weighted by Crippen LogP contribution is 2.42. The zero-order chi connectivity index (χ0) is 60.9. The lowest BCUT2D eigenvalue weighted by Gasteiger charge is -2.46. The van der Waals surface area contributed by atoms with Crippen LogP contribution in [0.3, 0.4) is 0 Å². The van der Waals surface area contributed by atoms with Gasteiger partial charge in [-0.15, -0.1) is 0 Å². The number of phenols is 2. The second-order valence-electron chi connectivity index (χ2n) is 17.5. The van der Waals surface area contributed by atoms with E-state index in [1.807, 2.05) is 54.6 Å². The number of carbonyl (C=O) groups excluding carboxylic acids is 1. The van der Waals surface area contributed by atoms with Gasteiger partial charge in [0.25, 0.3) is 0 Å². The van der Waals surface area contributed by atoms with Crippen molar-refractivity contribution in [1.29, 1.82) is 0 Å². The second kappa shape index (κ2) is 22.1. The van der Waals surface area contributed by atoms with Crippen LogP contribution in [0, 0.1) is 0 Å². The van der Waals surface area contributed by atoms with Crippen molar-refractivity contribution >= 4 is 44.7 Å². The van der Waals surface area contributed by atoms with Crippen LogP contribution in [0.2, 0.25) is 0 Å². The van der Waals surface area contributed by atoms with Gasteiger partial charge in [-0.1, -0.05) is 78.9 Å². The van der Waals surface area contributed by atoms with Gasteiger partial charge in [0.2, 0.25) is 5.78 Å². The Labute approximate surface area is 442 Å². The maximum atomic E-state index is 14.2. The number of Topliss-reactive ketones (excluding diaryl/α,β-unsaturated/α-hetero) is 1. The predicted octanol–water partition coefficient (Wildman–Crippen LogP) is 15.2.